The Balaban J connectivity index is 1.87. The van der Waals surface area contributed by atoms with Crippen molar-refractivity contribution in [3.63, 3.8) is 0 Å². The van der Waals surface area contributed by atoms with Crippen LogP contribution in [0.15, 0.2) is 36.4 Å². The minimum absolute atomic E-state index is 0.532. The number of hydrogen-bond donors (Lipinski definition) is 3. The third-order valence-corrected chi connectivity index (χ3v) is 3.69. The highest BCUT2D eigenvalue weighted by Crippen LogP contribution is 2.36. The van der Waals surface area contributed by atoms with Gasteiger partial charge < -0.3 is 10.7 Å². The lowest BCUT2D eigenvalue weighted by molar-refractivity contribution is 0.773. The summed E-state index contributed by atoms with van der Waals surface area (Å²) in [5.74, 6) is 8.39. The smallest absolute Gasteiger partial charge is 0.163 e. The molecule has 1 aliphatic rings. The van der Waals surface area contributed by atoms with Crippen LogP contribution in [0.2, 0.25) is 0 Å². The number of anilines is 2. The zero-order valence-electron chi connectivity index (χ0n) is 11.5. The predicted molar refractivity (Wildman–Crippen MR) is 81.1 cm³/mol. The van der Waals surface area contributed by atoms with Crippen LogP contribution in [0.3, 0.4) is 0 Å². The van der Waals surface area contributed by atoms with Crippen molar-refractivity contribution in [1.29, 1.82) is 0 Å². The summed E-state index contributed by atoms with van der Waals surface area (Å²) in [5.41, 5.74) is 3.59. The number of nitrogens with two attached hydrogens (primary N) is 1. The van der Waals surface area contributed by atoms with E-state index >= 15 is 0 Å². The highest BCUT2D eigenvalue weighted by atomic mass is 15.3. The normalized spacial score (nSPS) is 20.5. The Labute approximate surface area is 118 Å². The number of nitrogens with one attached hydrogen (secondary N) is 2. The molecule has 0 bridgehead atoms. The largest absolute Gasteiger partial charge is 0.367 e. The average Bonchev–Trinajstić information content (AvgIpc) is 3.26. The molecule has 1 heterocycles. The molecule has 2 aromatic rings. The molecule has 2 unspecified atom stereocenters. The summed E-state index contributed by atoms with van der Waals surface area (Å²) in [6.45, 7) is 2.22. The molecule has 0 radical (unpaired) electrons. The maximum atomic E-state index is 5.50. The number of hydrazine groups is 1. The van der Waals surface area contributed by atoms with E-state index in [1.54, 1.807) is 0 Å². The molecular formula is C15H19N5. The first-order valence-corrected chi connectivity index (χ1v) is 6.97. The van der Waals surface area contributed by atoms with Crippen LogP contribution < -0.4 is 16.6 Å². The molecule has 0 saturated heterocycles. The van der Waals surface area contributed by atoms with Gasteiger partial charge in [0.15, 0.2) is 5.82 Å². The maximum absolute atomic E-state index is 5.50. The molecule has 1 aliphatic carbocycles. The molecule has 0 amide bonds. The molecule has 5 nitrogen and oxygen atoms in total. The monoisotopic (exact) mass is 269 g/mol. The Bertz CT molecular complexity index is 584. The van der Waals surface area contributed by atoms with Gasteiger partial charge in [0, 0.05) is 17.7 Å². The molecule has 5 heteroatoms. The molecule has 1 saturated carbocycles. The Morgan fingerprint density at radius 2 is 1.95 bits per heavy atom. The average molecular weight is 269 g/mol. The van der Waals surface area contributed by atoms with Crippen LogP contribution in [0, 0.1) is 5.92 Å². The molecule has 1 fully saturated rings. The van der Waals surface area contributed by atoms with Crippen molar-refractivity contribution < 1.29 is 0 Å². The first-order chi connectivity index (χ1) is 9.80. The number of aromatic nitrogens is 2. The zero-order valence-corrected chi connectivity index (χ0v) is 11.5. The van der Waals surface area contributed by atoms with Gasteiger partial charge in [0.1, 0.15) is 11.6 Å². The highest BCUT2D eigenvalue weighted by Gasteiger charge is 2.35. The van der Waals surface area contributed by atoms with Crippen LogP contribution in [-0.2, 0) is 0 Å². The van der Waals surface area contributed by atoms with Crippen LogP contribution in [0.5, 0.6) is 0 Å². The summed E-state index contributed by atoms with van der Waals surface area (Å²) >= 11 is 0. The van der Waals surface area contributed by atoms with Crippen molar-refractivity contribution in [2.45, 2.75) is 25.8 Å². The lowest BCUT2D eigenvalue weighted by atomic mass is 10.2. The second-order valence-corrected chi connectivity index (χ2v) is 5.13. The quantitative estimate of drug-likeness (QED) is 0.574. The second kappa shape index (κ2) is 5.46. The van der Waals surface area contributed by atoms with Crippen LogP contribution in [0.25, 0.3) is 11.4 Å². The van der Waals surface area contributed by atoms with Crippen molar-refractivity contribution in [3.8, 4) is 11.4 Å². The van der Waals surface area contributed by atoms with Crippen molar-refractivity contribution in [1.82, 2.24) is 9.97 Å². The van der Waals surface area contributed by atoms with Gasteiger partial charge in [-0.1, -0.05) is 43.7 Å². The van der Waals surface area contributed by atoms with Gasteiger partial charge in [0.05, 0.1) is 0 Å². The van der Waals surface area contributed by atoms with Gasteiger partial charge in [0.25, 0.3) is 0 Å². The first kappa shape index (κ1) is 12.9. The van der Waals surface area contributed by atoms with Gasteiger partial charge in [-0.15, -0.1) is 0 Å². The summed E-state index contributed by atoms with van der Waals surface area (Å²) < 4.78 is 0. The molecule has 0 aliphatic heterocycles. The van der Waals surface area contributed by atoms with Gasteiger partial charge in [0.2, 0.25) is 0 Å². The van der Waals surface area contributed by atoms with E-state index in [1.165, 1.54) is 12.8 Å². The van der Waals surface area contributed by atoms with Crippen molar-refractivity contribution in [2.75, 3.05) is 10.7 Å². The number of hydrogen-bond acceptors (Lipinski definition) is 5. The van der Waals surface area contributed by atoms with Gasteiger partial charge in [-0.25, -0.2) is 15.8 Å². The lowest BCUT2D eigenvalue weighted by Gasteiger charge is -2.09. The fraction of sp³-hybridized carbons (Fsp3) is 0.333. The van der Waals surface area contributed by atoms with E-state index in [-0.39, 0.29) is 0 Å². The van der Waals surface area contributed by atoms with E-state index in [0.29, 0.717) is 17.7 Å². The molecular weight excluding hydrogens is 250 g/mol. The van der Waals surface area contributed by atoms with Crippen molar-refractivity contribution in [2.24, 2.45) is 11.8 Å². The topological polar surface area (TPSA) is 75.9 Å². The van der Waals surface area contributed by atoms with E-state index in [1.807, 2.05) is 36.4 Å². The zero-order chi connectivity index (χ0) is 13.9. The molecule has 0 spiro atoms. The summed E-state index contributed by atoms with van der Waals surface area (Å²) in [6.07, 6.45) is 2.42. The third kappa shape index (κ3) is 2.72. The molecule has 1 aromatic heterocycles. The standard InChI is InChI=1S/C15H19N5/c1-2-10-8-12(10)17-13-9-14(20-16)19-15(18-13)11-6-4-3-5-7-11/h3-7,9-10,12H,2,8,16H2,1H3,(H2,17,18,19,20). The van der Waals surface area contributed by atoms with E-state index < -0.39 is 0 Å². The summed E-state index contributed by atoms with van der Waals surface area (Å²) in [7, 11) is 0. The maximum Gasteiger partial charge on any atom is 0.163 e. The van der Waals surface area contributed by atoms with E-state index in [2.05, 4.69) is 27.6 Å². The van der Waals surface area contributed by atoms with Crippen LogP contribution in [-0.4, -0.2) is 16.0 Å². The van der Waals surface area contributed by atoms with Gasteiger partial charge in [-0.2, -0.15) is 0 Å². The van der Waals surface area contributed by atoms with Gasteiger partial charge in [-0.05, 0) is 12.3 Å². The second-order valence-electron chi connectivity index (χ2n) is 5.13. The highest BCUT2D eigenvalue weighted by molar-refractivity contribution is 5.61. The fourth-order valence-corrected chi connectivity index (χ4v) is 2.38. The number of nitrogen functional groups attached to an aromatic ring is 1. The minimum Gasteiger partial charge on any atom is -0.367 e. The fourth-order valence-electron chi connectivity index (χ4n) is 2.38. The van der Waals surface area contributed by atoms with E-state index in [9.17, 15) is 0 Å². The first-order valence-electron chi connectivity index (χ1n) is 6.97. The predicted octanol–water partition coefficient (Wildman–Crippen LogP) is 2.64. The van der Waals surface area contributed by atoms with Crippen molar-refractivity contribution >= 4 is 11.6 Å². The summed E-state index contributed by atoms with van der Waals surface area (Å²) in [4.78, 5) is 8.98. The Kier molecular flexibility index (Phi) is 3.52. The number of nitrogens with zero attached hydrogens (tertiary/aromatic N) is 2. The minimum atomic E-state index is 0.532. The molecule has 4 N–H and O–H groups in total. The van der Waals surface area contributed by atoms with E-state index in [4.69, 9.17) is 5.84 Å². The van der Waals surface area contributed by atoms with Crippen LogP contribution in [0.1, 0.15) is 19.8 Å². The Hall–Kier alpha value is -2.14. The van der Waals surface area contributed by atoms with E-state index in [0.717, 1.165) is 17.3 Å². The van der Waals surface area contributed by atoms with Crippen LogP contribution >= 0.6 is 0 Å². The Morgan fingerprint density at radius 3 is 2.60 bits per heavy atom. The Morgan fingerprint density at radius 1 is 1.20 bits per heavy atom. The number of rotatable bonds is 5. The molecule has 104 valence electrons. The van der Waals surface area contributed by atoms with Crippen molar-refractivity contribution in [3.05, 3.63) is 36.4 Å². The molecule has 1 aromatic carbocycles. The van der Waals surface area contributed by atoms with Gasteiger partial charge >= 0.3 is 0 Å². The molecule has 2 atom stereocenters. The van der Waals surface area contributed by atoms with Gasteiger partial charge in [-0.3, -0.25) is 0 Å². The molecule has 3 rings (SSSR count). The SMILES string of the molecule is CCC1CC1Nc1cc(NN)nc(-c2ccccc2)n1. The lowest BCUT2D eigenvalue weighted by Crippen LogP contribution is -2.12. The summed E-state index contributed by atoms with van der Waals surface area (Å²) in [5, 5.41) is 3.46. The number of benzene rings is 1. The van der Waals surface area contributed by atoms with Crippen LogP contribution in [0.4, 0.5) is 11.6 Å². The third-order valence-electron chi connectivity index (χ3n) is 3.69. The summed E-state index contributed by atoms with van der Waals surface area (Å²) in [6, 6.07) is 12.3. The molecule has 20 heavy (non-hydrogen) atoms.